The summed E-state index contributed by atoms with van der Waals surface area (Å²) in [6, 6.07) is 9.25. The van der Waals surface area contributed by atoms with Crippen molar-refractivity contribution in [3.8, 4) is 0 Å². The lowest BCUT2D eigenvalue weighted by molar-refractivity contribution is -0.140. The third-order valence-electron chi connectivity index (χ3n) is 5.02. The van der Waals surface area contributed by atoms with Crippen LogP contribution in [0.2, 0.25) is 10.0 Å². The maximum Gasteiger partial charge on any atom is 0.242 e. The summed E-state index contributed by atoms with van der Waals surface area (Å²) in [5.41, 5.74) is 0.996. The number of hydrogen-bond donors (Lipinski definition) is 1. The first-order valence-corrected chi connectivity index (χ1v) is 12.7. The first-order chi connectivity index (χ1) is 15.4. The zero-order chi connectivity index (χ0) is 24.8. The quantitative estimate of drug-likeness (QED) is 0.518. The number of halogens is 3. The molecule has 0 spiro atoms. The van der Waals surface area contributed by atoms with E-state index in [1.807, 2.05) is 0 Å². The minimum Gasteiger partial charge on any atom is -0.357 e. The number of benzene rings is 2. The highest BCUT2D eigenvalue weighted by molar-refractivity contribution is 7.92. The third-order valence-corrected chi connectivity index (χ3v) is 6.95. The number of rotatable bonds is 10. The molecule has 7 nitrogen and oxygen atoms in total. The van der Waals surface area contributed by atoms with Crippen LogP contribution < -0.4 is 9.62 Å². The lowest BCUT2D eigenvalue weighted by atomic mass is 10.1. The fraction of sp³-hybridized carbons (Fsp3) is 0.364. The summed E-state index contributed by atoms with van der Waals surface area (Å²) in [6.45, 7) is 1.75. The normalized spacial score (nSPS) is 12.2. The zero-order valence-electron chi connectivity index (χ0n) is 18.5. The number of nitrogens with one attached hydrogen (secondary N) is 1. The number of carbonyl (C=O) groups is 2. The first-order valence-electron chi connectivity index (χ1n) is 10.1. The van der Waals surface area contributed by atoms with Crippen molar-refractivity contribution in [3.63, 3.8) is 0 Å². The van der Waals surface area contributed by atoms with Crippen LogP contribution in [0, 0.1) is 5.82 Å². The van der Waals surface area contributed by atoms with Gasteiger partial charge in [0.25, 0.3) is 0 Å². The molecule has 0 heterocycles. The standard InChI is InChI=1S/C22H26Cl2FN3O4S/c1-15(22(30)26-2)27(14-16-6-11-19(23)20(24)13-16)21(29)5-4-12-28(33(3,31)32)18-9-7-17(25)8-10-18/h6-11,13,15H,4-5,12,14H2,1-3H3,(H,26,30). The monoisotopic (exact) mass is 517 g/mol. The van der Waals surface area contributed by atoms with E-state index in [1.165, 1.54) is 36.2 Å². The van der Waals surface area contributed by atoms with E-state index in [2.05, 4.69) is 5.32 Å². The van der Waals surface area contributed by atoms with Crippen LogP contribution in [-0.2, 0) is 26.2 Å². The van der Waals surface area contributed by atoms with Gasteiger partial charge in [0, 0.05) is 26.6 Å². The van der Waals surface area contributed by atoms with E-state index in [4.69, 9.17) is 23.2 Å². The Kier molecular flexibility index (Phi) is 9.51. The summed E-state index contributed by atoms with van der Waals surface area (Å²) in [5, 5.41) is 3.23. The zero-order valence-corrected chi connectivity index (χ0v) is 20.8. The lowest BCUT2D eigenvalue weighted by Crippen LogP contribution is -2.46. The summed E-state index contributed by atoms with van der Waals surface area (Å²) in [4.78, 5) is 26.7. The van der Waals surface area contributed by atoms with Gasteiger partial charge < -0.3 is 10.2 Å². The van der Waals surface area contributed by atoms with Crippen LogP contribution in [0.1, 0.15) is 25.3 Å². The Hall–Kier alpha value is -2.36. The molecule has 0 radical (unpaired) electrons. The van der Waals surface area contributed by atoms with E-state index in [1.54, 1.807) is 25.1 Å². The van der Waals surface area contributed by atoms with Gasteiger partial charge in [0.1, 0.15) is 11.9 Å². The Labute approximate surface area is 203 Å². The molecule has 1 unspecified atom stereocenters. The Balaban J connectivity index is 2.15. The maximum atomic E-state index is 13.2. The summed E-state index contributed by atoms with van der Waals surface area (Å²) in [6.07, 6.45) is 1.24. The molecule has 11 heteroatoms. The molecule has 2 aromatic carbocycles. The van der Waals surface area contributed by atoms with Crippen LogP contribution >= 0.6 is 23.2 Å². The smallest absolute Gasteiger partial charge is 0.242 e. The molecule has 0 saturated carbocycles. The average molecular weight is 518 g/mol. The summed E-state index contributed by atoms with van der Waals surface area (Å²) in [5.74, 6) is -1.15. The van der Waals surface area contributed by atoms with Crippen LogP contribution in [0.15, 0.2) is 42.5 Å². The highest BCUT2D eigenvalue weighted by Gasteiger charge is 2.26. The molecule has 0 aromatic heterocycles. The third kappa shape index (κ3) is 7.58. The van der Waals surface area contributed by atoms with Gasteiger partial charge in [0.15, 0.2) is 0 Å². The largest absolute Gasteiger partial charge is 0.357 e. The molecular weight excluding hydrogens is 492 g/mol. The molecular formula is C22H26Cl2FN3O4S. The molecule has 0 aliphatic rings. The fourth-order valence-electron chi connectivity index (χ4n) is 3.24. The van der Waals surface area contributed by atoms with Crippen molar-refractivity contribution in [2.24, 2.45) is 0 Å². The van der Waals surface area contributed by atoms with Gasteiger partial charge in [0.05, 0.1) is 22.0 Å². The maximum absolute atomic E-state index is 13.2. The predicted molar refractivity (Wildman–Crippen MR) is 128 cm³/mol. The molecule has 2 rings (SSSR count). The van der Waals surface area contributed by atoms with Gasteiger partial charge in [-0.25, -0.2) is 12.8 Å². The second kappa shape index (κ2) is 11.7. The molecule has 0 saturated heterocycles. The van der Waals surface area contributed by atoms with E-state index >= 15 is 0 Å². The van der Waals surface area contributed by atoms with Crippen molar-refractivity contribution in [3.05, 3.63) is 63.9 Å². The minimum absolute atomic E-state index is 0.00410. The molecule has 2 aromatic rings. The van der Waals surface area contributed by atoms with E-state index in [0.29, 0.717) is 21.3 Å². The molecule has 0 bridgehead atoms. The Morgan fingerprint density at radius 1 is 1.09 bits per heavy atom. The Morgan fingerprint density at radius 2 is 1.73 bits per heavy atom. The van der Waals surface area contributed by atoms with E-state index in [-0.39, 0.29) is 37.7 Å². The number of likely N-dealkylation sites (N-methyl/N-ethyl adjacent to an activating group) is 1. The molecule has 180 valence electrons. The Morgan fingerprint density at radius 3 is 2.27 bits per heavy atom. The molecule has 1 N–H and O–H groups in total. The molecule has 2 amide bonds. The number of nitrogens with zero attached hydrogens (tertiary/aromatic N) is 2. The number of sulfonamides is 1. The van der Waals surface area contributed by atoms with Crippen LogP contribution in [0.3, 0.4) is 0 Å². The van der Waals surface area contributed by atoms with Crippen molar-refractivity contribution in [2.75, 3.05) is 24.2 Å². The van der Waals surface area contributed by atoms with Gasteiger partial charge in [-0.2, -0.15) is 0 Å². The summed E-state index contributed by atoms with van der Waals surface area (Å²) >= 11 is 12.0. The lowest BCUT2D eigenvalue weighted by Gasteiger charge is -2.29. The van der Waals surface area contributed by atoms with Crippen molar-refractivity contribution in [1.82, 2.24) is 10.2 Å². The highest BCUT2D eigenvalue weighted by atomic mass is 35.5. The topological polar surface area (TPSA) is 86.8 Å². The van der Waals surface area contributed by atoms with Crippen LogP contribution in [0.5, 0.6) is 0 Å². The minimum atomic E-state index is -3.65. The van der Waals surface area contributed by atoms with Crippen molar-refractivity contribution < 1.29 is 22.4 Å². The van der Waals surface area contributed by atoms with Crippen molar-refractivity contribution in [2.45, 2.75) is 32.4 Å². The van der Waals surface area contributed by atoms with Gasteiger partial charge in [-0.15, -0.1) is 0 Å². The van der Waals surface area contributed by atoms with E-state index in [9.17, 15) is 22.4 Å². The van der Waals surface area contributed by atoms with Crippen molar-refractivity contribution >= 4 is 50.7 Å². The van der Waals surface area contributed by atoms with Gasteiger partial charge in [0.2, 0.25) is 21.8 Å². The number of hydrogen-bond acceptors (Lipinski definition) is 4. The van der Waals surface area contributed by atoms with Gasteiger partial charge in [-0.05, 0) is 55.3 Å². The number of carbonyl (C=O) groups excluding carboxylic acids is 2. The second-order valence-electron chi connectivity index (χ2n) is 7.48. The number of anilines is 1. The average Bonchev–Trinajstić information content (AvgIpc) is 2.76. The predicted octanol–water partition coefficient (Wildman–Crippen LogP) is 3.84. The van der Waals surface area contributed by atoms with Crippen LogP contribution in [0.25, 0.3) is 0 Å². The SMILES string of the molecule is CNC(=O)C(C)N(Cc1ccc(Cl)c(Cl)c1)C(=O)CCCN(c1ccc(F)cc1)S(C)(=O)=O. The number of amides is 2. The van der Waals surface area contributed by atoms with Gasteiger partial charge in [-0.1, -0.05) is 29.3 Å². The van der Waals surface area contributed by atoms with Crippen LogP contribution in [-0.4, -0.2) is 51.0 Å². The molecule has 1 atom stereocenters. The molecule has 33 heavy (non-hydrogen) atoms. The summed E-state index contributed by atoms with van der Waals surface area (Å²) in [7, 11) is -2.17. The molecule has 0 aliphatic heterocycles. The van der Waals surface area contributed by atoms with Crippen LogP contribution in [0.4, 0.5) is 10.1 Å². The van der Waals surface area contributed by atoms with Gasteiger partial charge in [-0.3, -0.25) is 13.9 Å². The highest BCUT2D eigenvalue weighted by Crippen LogP contribution is 2.24. The van der Waals surface area contributed by atoms with E-state index < -0.39 is 21.9 Å². The molecule has 0 fully saturated rings. The second-order valence-corrected chi connectivity index (χ2v) is 10.2. The van der Waals surface area contributed by atoms with Crippen molar-refractivity contribution in [1.29, 1.82) is 0 Å². The van der Waals surface area contributed by atoms with E-state index in [0.717, 1.165) is 10.6 Å². The molecule has 0 aliphatic carbocycles. The summed E-state index contributed by atoms with van der Waals surface area (Å²) < 4.78 is 38.8. The Bertz CT molecular complexity index is 1100. The fourth-order valence-corrected chi connectivity index (χ4v) is 4.52. The first kappa shape index (κ1) is 26.9. The van der Waals surface area contributed by atoms with Gasteiger partial charge >= 0.3 is 0 Å².